The second kappa shape index (κ2) is 8.96. The van der Waals surface area contributed by atoms with Crippen molar-refractivity contribution in [3.05, 3.63) is 59.2 Å². The molecule has 5 heterocycles. The minimum atomic E-state index is -0.231. The maximum Gasteiger partial charge on any atom is 0.350 e. The maximum absolute atomic E-state index is 13.8. The Kier molecular flexibility index (Phi) is 5.61. The normalized spacial score (nSPS) is 18.4. The maximum atomic E-state index is 13.8. The zero-order valence-electron chi connectivity index (χ0n) is 22.1. The number of nitrogens with zero attached hydrogens (tertiary/aromatic N) is 6. The van der Waals surface area contributed by atoms with E-state index in [4.69, 9.17) is 4.74 Å². The number of aryl methyl sites for hydroxylation is 2. The molecule has 2 aromatic heterocycles. The van der Waals surface area contributed by atoms with Gasteiger partial charge < -0.3 is 14.5 Å². The molecule has 2 aromatic carbocycles. The molecule has 3 aliphatic heterocycles. The molecular weight excluding hydrogens is 512 g/mol. The Bertz CT molecular complexity index is 1730. The largest absolute Gasteiger partial charge is 0.380 e. The lowest BCUT2D eigenvalue weighted by Crippen LogP contribution is -2.50. The van der Waals surface area contributed by atoms with Crippen LogP contribution >= 0.6 is 11.8 Å². The van der Waals surface area contributed by atoms with Crippen LogP contribution in [-0.4, -0.2) is 75.3 Å². The first-order chi connectivity index (χ1) is 18.9. The van der Waals surface area contributed by atoms with Crippen LogP contribution in [0.1, 0.15) is 5.56 Å². The van der Waals surface area contributed by atoms with Crippen molar-refractivity contribution in [3.8, 4) is 11.1 Å². The molecular formula is C29H30N6O3S. The van der Waals surface area contributed by atoms with Crippen LogP contribution in [0.25, 0.3) is 32.9 Å². The van der Waals surface area contributed by atoms with Crippen LogP contribution in [-0.2, 0) is 23.1 Å². The van der Waals surface area contributed by atoms with Gasteiger partial charge in [0.1, 0.15) is 5.82 Å². The Morgan fingerprint density at radius 1 is 1.18 bits per heavy atom. The lowest BCUT2D eigenvalue weighted by atomic mass is 9.88. The van der Waals surface area contributed by atoms with E-state index in [1.807, 2.05) is 34.3 Å². The van der Waals surface area contributed by atoms with Crippen LogP contribution in [0.5, 0.6) is 0 Å². The number of hydrogen-bond donors (Lipinski definition) is 0. The number of fused-ring (bicyclic) bond motifs is 1. The number of anilines is 1. The molecule has 2 saturated heterocycles. The molecule has 4 aromatic rings. The van der Waals surface area contributed by atoms with Gasteiger partial charge in [-0.1, -0.05) is 24.8 Å². The molecule has 0 aliphatic carbocycles. The van der Waals surface area contributed by atoms with Crippen LogP contribution in [0.4, 0.5) is 5.82 Å². The summed E-state index contributed by atoms with van der Waals surface area (Å²) >= 11 is 1.83. The third-order valence-electron chi connectivity index (χ3n) is 8.32. The van der Waals surface area contributed by atoms with Gasteiger partial charge in [0.25, 0.3) is 0 Å². The highest BCUT2D eigenvalue weighted by atomic mass is 32.2. The monoisotopic (exact) mass is 542 g/mol. The summed E-state index contributed by atoms with van der Waals surface area (Å²) < 4.78 is 9.48. The Labute approximate surface area is 230 Å². The number of thioether (sulfide) groups is 1. The van der Waals surface area contributed by atoms with Gasteiger partial charge in [0.2, 0.25) is 5.91 Å². The van der Waals surface area contributed by atoms with E-state index in [2.05, 4.69) is 52.8 Å². The van der Waals surface area contributed by atoms with Gasteiger partial charge in [-0.15, -0.1) is 11.8 Å². The Balaban J connectivity index is 1.46. The smallest absolute Gasteiger partial charge is 0.350 e. The van der Waals surface area contributed by atoms with Crippen LogP contribution < -0.4 is 10.6 Å². The topological polar surface area (TPSA) is 85.5 Å². The fourth-order valence-electron chi connectivity index (χ4n) is 6.26. The van der Waals surface area contributed by atoms with E-state index in [9.17, 15) is 9.59 Å². The SMILES string of the molecule is C=CC(=O)N1CCN(c2nc(=O)n3c4c(c(-c5cccc6cnn(C)c56)c(C)cc24)SCC2(COC2)C3)CC1. The summed E-state index contributed by atoms with van der Waals surface area (Å²) in [7, 11) is 1.97. The summed E-state index contributed by atoms with van der Waals surface area (Å²) in [4.78, 5) is 35.6. The number of rotatable bonds is 3. The Hall–Kier alpha value is -3.63. The summed E-state index contributed by atoms with van der Waals surface area (Å²) in [6, 6.07) is 8.51. The van der Waals surface area contributed by atoms with E-state index < -0.39 is 0 Å². The molecule has 0 N–H and O–H groups in total. The minimum Gasteiger partial charge on any atom is -0.380 e. The summed E-state index contributed by atoms with van der Waals surface area (Å²) in [6.45, 7) is 10.0. The van der Waals surface area contributed by atoms with E-state index in [1.54, 1.807) is 4.90 Å². The third kappa shape index (κ3) is 3.72. The Morgan fingerprint density at radius 3 is 2.69 bits per heavy atom. The van der Waals surface area contributed by atoms with E-state index in [0.717, 1.165) is 49.1 Å². The molecule has 0 atom stereocenters. The van der Waals surface area contributed by atoms with Crippen molar-refractivity contribution in [2.45, 2.75) is 18.4 Å². The van der Waals surface area contributed by atoms with E-state index in [-0.39, 0.29) is 17.0 Å². The number of carbonyl (C=O) groups excluding carboxylic acids is 1. The molecule has 0 bridgehead atoms. The number of para-hydroxylation sites is 1. The zero-order chi connectivity index (χ0) is 26.9. The molecule has 0 unspecified atom stereocenters. The zero-order valence-corrected chi connectivity index (χ0v) is 23.0. The van der Waals surface area contributed by atoms with Crippen molar-refractivity contribution in [3.63, 3.8) is 0 Å². The molecule has 7 rings (SSSR count). The van der Waals surface area contributed by atoms with Crippen molar-refractivity contribution < 1.29 is 9.53 Å². The van der Waals surface area contributed by atoms with Crippen molar-refractivity contribution >= 4 is 45.3 Å². The molecule has 0 radical (unpaired) electrons. The van der Waals surface area contributed by atoms with Gasteiger partial charge in [-0.25, -0.2) is 4.79 Å². The Morgan fingerprint density at radius 2 is 1.97 bits per heavy atom. The molecule has 9 nitrogen and oxygen atoms in total. The second-order valence-electron chi connectivity index (χ2n) is 10.9. The molecule has 10 heteroatoms. The predicted octanol–water partition coefficient (Wildman–Crippen LogP) is 3.22. The predicted molar refractivity (Wildman–Crippen MR) is 153 cm³/mol. The standard InChI is InChI=1S/C29H30N6O3S/c1-4-22(36)33-8-10-34(11-9-33)27-21-12-18(2)23(20-7-5-6-19-13-30-32(3)24(19)20)26-25(21)35(28(37)31-27)14-29(17-39-26)15-38-16-29/h4-7,12-13H,1,8-11,14-17H2,2-3H3. The minimum absolute atomic E-state index is 0.0645. The third-order valence-corrected chi connectivity index (χ3v) is 9.77. The van der Waals surface area contributed by atoms with Crippen LogP contribution in [0, 0.1) is 12.3 Å². The van der Waals surface area contributed by atoms with Crippen LogP contribution in [0.15, 0.2) is 52.8 Å². The number of amides is 1. The molecule has 39 heavy (non-hydrogen) atoms. The summed E-state index contributed by atoms with van der Waals surface area (Å²) in [6.07, 6.45) is 3.26. The number of hydrogen-bond acceptors (Lipinski definition) is 7. The molecule has 3 aliphatic rings. The van der Waals surface area contributed by atoms with E-state index in [0.29, 0.717) is 51.8 Å². The number of ether oxygens (including phenoxy) is 1. The van der Waals surface area contributed by atoms with Gasteiger partial charge in [-0.05, 0) is 24.6 Å². The first-order valence-electron chi connectivity index (χ1n) is 13.3. The molecule has 0 saturated carbocycles. The molecule has 1 spiro atoms. The van der Waals surface area contributed by atoms with Gasteiger partial charge in [0.15, 0.2) is 0 Å². The lowest BCUT2D eigenvalue weighted by molar-refractivity contribution is -0.126. The first kappa shape index (κ1) is 24.4. The molecule has 200 valence electrons. The number of aromatic nitrogens is 4. The van der Waals surface area contributed by atoms with E-state index in [1.165, 1.54) is 6.08 Å². The highest BCUT2D eigenvalue weighted by molar-refractivity contribution is 7.99. The van der Waals surface area contributed by atoms with Gasteiger partial charge in [0.05, 0.1) is 30.4 Å². The fourth-order valence-corrected chi connectivity index (χ4v) is 7.74. The first-order valence-corrected chi connectivity index (χ1v) is 14.2. The average molecular weight is 543 g/mol. The highest BCUT2D eigenvalue weighted by Crippen LogP contribution is 2.48. The van der Waals surface area contributed by atoms with Gasteiger partial charge in [0, 0.05) is 77.7 Å². The van der Waals surface area contributed by atoms with Crippen molar-refractivity contribution in [2.75, 3.05) is 50.0 Å². The van der Waals surface area contributed by atoms with Crippen LogP contribution in [0.3, 0.4) is 0 Å². The van der Waals surface area contributed by atoms with Crippen molar-refractivity contribution in [1.29, 1.82) is 0 Å². The molecule has 1 amide bonds. The average Bonchev–Trinajstić information content (AvgIpc) is 3.20. The summed E-state index contributed by atoms with van der Waals surface area (Å²) in [5.41, 5.74) is 5.11. The quantitative estimate of drug-likeness (QED) is 0.368. The lowest BCUT2D eigenvalue weighted by Gasteiger charge is -2.40. The summed E-state index contributed by atoms with van der Waals surface area (Å²) in [5, 5.41) is 6.60. The van der Waals surface area contributed by atoms with E-state index >= 15 is 0 Å². The molecule has 2 fully saturated rings. The van der Waals surface area contributed by atoms with Gasteiger partial charge >= 0.3 is 5.69 Å². The highest BCUT2D eigenvalue weighted by Gasteiger charge is 2.42. The number of piperazine rings is 1. The van der Waals surface area contributed by atoms with Crippen molar-refractivity contribution in [1.82, 2.24) is 24.2 Å². The van der Waals surface area contributed by atoms with Gasteiger partial charge in [-0.2, -0.15) is 10.1 Å². The summed E-state index contributed by atoms with van der Waals surface area (Å²) in [5.74, 6) is 1.51. The number of carbonyl (C=O) groups is 1. The van der Waals surface area contributed by atoms with Crippen LogP contribution in [0.2, 0.25) is 0 Å². The second-order valence-corrected chi connectivity index (χ2v) is 11.9. The number of benzene rings is 2. The fraction of sp³-hybridized carbons (Fsp3) is 0.379. The van der Waals surface area contributed by atoms with Crippen molar-refractivity contribution in [2.24, 2.45) is 12.5 Å². The van der Waals surface area contributed by atoms with Gasteiger partial charge in [-0.3, -0.25) is 14.0 Å².